The summed E-state index contributed by atoms with van der Waals surface area (Å²) >= 11 is 6.11. The Morgan fingerprint density at radius 1 is 1.25 bits per heavy atom. The molecule has 0 heterocycles. The molecule has 2 aromatic carbocycles. The van der Waals surface area contributed by atoms with Crippen LogP contribution in [0.15, 0.2) is 41.3 Å². The fourth-order valence-corrected chi connectivity index (χ4v) is 2.76. The Morgan fingerprint density at radius 3 is 2.50 bits per heavy atom. The van der Waals surface area contributed by atoms with E-state index in [1.807, 2.05) is 0 Å². The summed E-state index contributed by atoms with van der Waals surface area (Å²) in [5.41, 5.74) is 1.67. The summed E-state index contributed by atoms with van der Waals surface area (Å²) in [6, 6.07) is 8.10. The van der Waals surface area contributed by atoms with E-state index in [1.54, 1.807) is 12.1 Å². The molecule has 1 amide bonds. The topological polar surface area (TPSA) is 122 Å². The first-order chi connectivity index (χ1) is 11.3. The second-order valence-electron chi connectivity index (χ2n) is 4.65. The molecule has 1 unspecified atom stereocenters. The van der Waals surface area contributed by atoms with Crippen LogP contribution in [0, 0.1) is 10.1 Å². The predicted molar refractivity (Wildman–Crippen MR) is 89.4 cm³/mol. The smallest absolute Gasteiger partial charge is 0.276 e. The number of halogens is 1. The lowest BCUT2D eigenvalue weighted by molar-refractivity contribution is -0.384. The van der Waals surface area contributed by atoms with Gasteiger partial charge in [0.1, 0.15) is 0 Å². The van der Waals surface area contributed by atoms with Crippen molar-refractivity contribution >= 4 is 45.4 Å². The fraction of sp³-hybridized carbons (Fsp3) is 0.0714. The number of nitro groups is 1. The zero-order chi connectivity index (χ0) is 17.9. The van der Waals surface area contributed by atoms with Gasteiger partial charge in [-0.25, -0.2) is 5.48 Å². The van der Waals surface area contributed by atoms with Crippen LogP contribution in [0.4, 0.5) is 17.1 Å². The average molecular weight is 370 g/mol. The highest BCUT2D eigenvalue weighted by Gasteiger charge is 2.17. The summed E-state index contributed by atoms with van der Waals surface area (Å²) in [6.45, 7) is 0. The molecule has 8 nitrogen and oxygen atoms in total. The molecule has 0 fully saturated rings. The average Bonchev–Trinajstić information content (AvgIpc) is 2.55. The van der Waals surface area contributed by atoms with E-state index in [1.165, 1.54) is 23.9 Å². The molecule has 2 aromatic rings. The van der Waals surface area contributed by atoms with E-state index in [2.05, 4.69) is 5.32 Å². The van der Waals surface area contributed by atoms with Gasteiger partial charge in [-0.15, -0.1) is 0 Å². The SMILES string of the molecule is CS(=O)c1ccc(Nc2cc([N+](=O)[O-])ccc2C(=O)NO)c(Cl)c1. The number of nitro benzene ring substituents is 1. The van der Waals surface area contributed by atoms with E-state index in [9.17, 15) is 19.1 Å². The van der Waals surface area contributed by atoms with Crippen molar-refractivity contribution in [3.05, 3.63) is 57.1 Å². The van der Waals surface area contributed by atoms with Crippen molar-refractivity contribution in [2.75, 3.05) is 11.6 Å². The Morgan fingerprint density at radius 2 is 1.96 bits per heavy atom. The molecule has 0 aliphatic carbocycles. The minimum absolute atomic E-state index is 0.0117. The first-order valence-electron chi connectivity index (χ1n) is 6.46. The van der Waals surface area contributed by atoms with Crippen LogP contribution in [-0.4, -0.2) is 26.5 Å². The van der Waals surface area contributed by atoms with Crippen LogP contribution in [0.25, 0.3) is 0 Å². The van der Waals surface area contributed by atoms with Crippen molar-refractivity contribution in [1.29, 1.82) is 0 Å². The molecule has 0 aliphatic heterocycles. The number of hydroxylamine groups is 1. The highest BCUT2D eigenvalue weighted by Crippen LogP contribution is 2.31. The fourth-order valence-electron chi connectivity index (χ4n) is 1.93. The Kier molecular flexibility index (Phi) is 5.50. The standard InChI is InChI=1S/C14H12ClN3O5S/c1-24(23)9-3-5-12(11(15)7-9)16-13-6-8(18(21)22)2-4-10(13)14(19)17-20/h2-7,16,20H,1H3,(H,17,19). The summed E-state index contributed by atoms with van der Waals surface area (Å²) in [7, 11) is -1.22. The van der Waals surface area contributed by atoms with Crippen molar-refractivity contribution in [3.63, 3.8) is 0 Å². The van der Waals surface area contributed by atoms with Gasteiger partial charge >= 0.3 is 0 Å². The molecule has 10 heteroatoms. The highest BCUT2D eigenvalue weighted by atomic mass is 35.5. The zero-order valence-electron chi connectivity index (χ0n) is 12.3. The molecular weight excluding hydrogens is 358 g/mol. The van der Waals surface area contributed by atoms with Crippen LogP contribution in [0.2, 0.25) is 5.02 Å². The predicted octanol–water partition coefficient (Wildman–Crippen LogP) is 2.85. The minimum Gasteiger partial charge on any atom is -0.353 e. The number of rotatable bonds is 5. The van der Waals surface area contributed by atoms with Gasteiger partial charge < -0.3 is 5.32 Å². The second kappa shape index (κ2) is 7.39. The third-order valence-electron chi connectivity index (χ3n) is 3.10. The van der Waals surface area contributed by atoms with Gasteiger partial charge in [0.05, 0.1) is 26.9 Å². The van der Waals surface area contributed by atoms with Crippen LogP contribution in [0.5, 0.6) is 0 Å². The van der Waals surface area contributed by atoms with Crippen molar-refractivity contribution in [3.8, 4) is 0 Å². The first kappa shape index (κ1) is 17.9. The van der Waals surface area contributed by atoms with E-state index in [0.29, 0.717) is 10.6 Å². The van der Waals surface area contributed by atoms with Crippen LogP contribution in [0.3, 0.4) is 0 Å². The molecule has 0 spiro atoms. The summed E-state index contributed by atoms with van der Waals surface area (Å²) < 4.78 is 11.4. The van der Waals surface area contributed by atoms with Crippen molar-refractivity contribution in [2.24, 2.45) is 0 Å². The number of benzene rings is 2. The number of carbonyl (C=O) groups excluding carboxylic acids is 1. The lowest BCUT2D eigenvalue weighted by atomic mass is 10.1. The number of nitrogens with one attached hydrogen (secondary N) is 2. The van der Waals surface area contributed by atoms with E-state index in [4.69, 9.17) is 16.8 Å². The lowest BCUT2D eigenvalue weighted by Gasteiger charge is -2.12. The molecule has 0 saturated heterocycles. The number of amides is 1. The van der Waals surface area contributed by atoms with Crippen LogP contribution < -0.4 is 10.8 Å². The molecule has 126 valence electrons. The summed E-state index contributed by atoms with van der Waals surface area (Å²) in [5.74, 6) is -0.838. The summed E-state index contributed by atoms with van der Waals surface area (Å²) in [4.78, 5) is 22.5. The maximum atomic E-state index is 11.7. The molecule has 2 rings (SSSR count). The number of anilines is 2. The summed E-state index contributed by atoms with van der Waals surface area (Å²) in [5, 5.41) is 22.7. The molecule has 0 saturated carbocycles. The van der Waals surface area contributed by atoms with Crippen molar-refractivity contribution in [2.45, 2.75) is 4.90 Å². The molecule has 3 N–H and O–H groups in total. The van der Waals surface area contributed by atoms with Gasteiger partial charge in [-0.3, -0.25) is 24.3 Å². The van der Waals surface area contributed by atoms with Gasteiger partial charge in [0.15, 0.2) is 0 Å². The monoisotopic (exact) mass is 369 g/mol. The Hall–Kier alpha value is -2.49. The van der Waals surface area contributed by atoms with E-state index in [-0.39, 0.29) is 22.0 Å². The quantitative estimate of drug-likeness (QED) is 0.423. The van der Waals surface area contributed by atoms with Crippen molar-refractivity contribution in [1.82, 2.24) is 5.48 Å². The lowest BCUT2D eigenvalue weighted by Crippen LogP contribution is -2.20. The maximum absolute atomic E-state index is 11.7. The number of nitrogens with zero attached hydrogens (tertiary/aromatic N) is 1. The Labute approximate surface area is 144 Å². The normalized spacial score (nSPS) is 11.6. The molecular formula is C14H12ClN3O5S. The van der Waals surface area contributed by atoms with Crippen molar-refractivity contribution < 1.29 is 19.1 Å². The van der Waals surface area contributed by atoms with Crippen LogP contribution >= 0.6 is 11.6 Å². The minimum atomic E-state index is -1.22. The number of carbonyl (C=O) groups is 1. The van der Waals surface area contributed by atoms with Gasteiger partial charge in [-0.2, -0.15) is 0 Å². The number of non-ortho nitro benzene ring substituents is 1. The molecule has 0 bridgehead atoms. The van der Waals surface area contributed by atoms with Crippen LogP contribution in [-0.2, 0) is 10.8 Å². The third-order valence-corrected chi connectivity index (χ3v) is 4.33. The number of hydrogen-bond donors (Lipinski definition) is 3. The van der Waals surface area contributed by atoms with E-state index >= 15 is 0 Å². The van der Waals surface area contributed by atoms with Gasteiger partial charge in [0.25, 0.3) is 11.6 Å². The highest BCUT2D eigenvalue weighted by molar-refractivity contribution is 7.84. The molecule has 1 atom stereocenters. The number of hydrogen-bond acceptors (Lipinski definition) is 6. The van der Waals surface area contributed by atoms with Gasteiger partial charge in [0.2, 0.25) is 0 Å². The third kappa shape index (κ3) is 3.88. The largest absolute Gasteiger partial charge is 0.353 e. The van der Waals surface area contributed by atoms with Gasteiger partial charge in [-0.1, -0.05) is 11.6 Å². The second-order valence-corrected chi connectivity index (χ2v) is 6.44. The molecule has 0 aromatic heterocycles. The summed E-state index contributed by atoms with van der Waals surface area (Å²) in [6.07, 6.45) is 1.50. The van der Waals surface area contributed by atoms with Gasteiger partial charge in [0, 0.05) is 34.1 Å². The molecule has 24 heavy (non-hydrogen) atoms. The zero-order valence-corrected chi connectivity index (χ0v) is 13.9. The van der Waals surface area contributed by atoms with E-state index < -0.39 is 21.6 Å². The molecule has 0 aliphatic rings. The Bertz CT molecular complexity index is 843. The molecule has 0 radical (unpaired) electrons. The van der Waals surface area contributed by atoms with E-state index in [0.717, 1.165) is 12.1 Å². The van der Waals surface area contributed by atoms with Crippen LogP contribution in [0.1, 0.15) is 10.4 Å². The maximum Gasteiger partial charge on any atom is 0.276 e. The van der Waals surface area contributed by atoms with Gasteiger partial charge in [-0.05, 0) is 24.3 Å². The Balaban J connectivity index is 2.47. The first-order valence-corrected chi connectivity index (χ1v) is 8.40.